The minimum Gasteiger partial charge on any atom is -0.506 e. The fourth-order valence-corrected chi connectivity index (χ4v) is 7.41. The van der Waals surface area contributed by atoms with Gasteiger partial charge in [-0.25, -0.2) is 5.43 Å². The summed E-state index contributed by atoms with van der Waals surface area (Å²) in [5.74, 6) is -1.87. The topological polar surface area (TPSA) is 248 Å². The number of thiocarbonyl (C=S) groups is 2. The number of phenolic OH excluding ortho intramolecular Hbond substituents is 1. The van der Waals surface area contributed by atoms with Crippen LogP contribution in [0.1, 0.15) is 16.7 Å². The van der Waals surface area contributed by atoms with Crippen molar-refractivity contribution >= 4 is 146 Å². The van der Waals surface area contributed by atoms with Crippen LogP contribution in [0.2, 0.25) is 5.02 Å². The lowest BCUT2D eigenvalue weighted by molar-refractivity contribution is -0.130. The number of hydrazine groups is 1. The first-order chi connectivity index (χ1) is 25.8. The van der Waals surface area contributed by atoms with Gasteiger partial charge in [0.1, 0.15) is 15.5 Å². The van der Waals surface area contributed by atoms with E-state index in [4.69, 9.17) is 23.8 Å². The number of nitrogens with one attached hydrogen (secondary N) is 5. The number of carbonyl (C=O) groups excluding carboxylic acids is 2. The highest BCUT2D eigenvalue weighted by Crippen LogP contribution is 2.33. The second-order valence-electron chi connectivity index (χ2n) is 10.7. The lowest BCUT2D eigenvalue weighted by atomic mass is 10.1. The number of hydrazone groups is 1. The number of benzene rings is 4. The quantitative estimate of drug-likeness (QED) is 0.0205. The molecule has 286 valence electrons. The molecule has 0 fully saturated rings. The minimum atomic E-state index is -4.87. The van der Waals surface area contributed by atoms with Gasteiger partial charge in [0.25, 0.3) is 32.1 Å². The molecule has 0 aliphatic rings. The second kappa shape index (κ2) is 18.8. The van der Waals surface area contributed by atoms with E-state index in [1.165, 1.54) is 79.0 Å². The number of halogens is 3. The summed E-state index contributed by atoms with van der Waals surface area (Å²) < 4.78 is 69.0. The molecule has 16 nitrogen and oxygen atoms in total. The average molecular weight is 974 g/mol. The maximum absolute atomic E-state index is 13.2. The van der Waals surface area contributed by atoms with Crippen LogP contribution in [0, 0.1) is 0 Å². The minimum absolute atomic E-state index is 0.0213. The summed E-state index contributed by atoms with van der Waals surface area (Å²) in [4.78, 5) is 28.9. The summed E-state index contributed by atoms with van der Waals surface area (Å²) in [6.45, 7) is 0. The lowest BCUT2D eigenvalue weighted by Gasteiger charge is -2.19. The highest BCUT2D eigenvalue weighted by atomic mass is 79.9. The summed E-state index contributed by atoms with van der Waals surface area (Å²) in [6.07, 6.45) is 3.64. The molecule has 0 saturated heterocycles. The number of isothiocyanates is 1. The Morgan fingerprint density at radius 1 is 0.818 bits per heavy atom. The molecule has 0 radical (unpaired) electrons. The molecule has 0 aliphatic heterocycles. The van der Waals surface area contributed by atoms with E-state index in [2.05, 4.69) is 86.2 Å². The lowest BCUT2D eigenvalue weighted by Crippen LogP contribution is -2.54. The van der Waals surface area contributed by atoms with E-state index in [0.717, 1.165) is 12.1 Å². The predicted molar refractivity (Wildman–Crippen MR) is 222 cm³/mol. The molecule has 0 heterocycles. The van der Waals surface area contributed by atoms with Gasteiger partial charge in [-0.15, -0.1) is 0 Å². The first kappa shape index (κ1) is 43.1. The number of aliphatic imine (C=N–C) groups is 1. The van der Waals surface area contributed by atoms with Crippen molar-refractivity contribution in [1.29, 1.82) is 0 Å². The summed E-state index contributed by atoms with van der Waals surface area (Å²) in [5.41, 5.74) is 7.73. The van der Waals surface area contributed by atoms with Gasteiger partial charge in [0.2, 0.25) is 0 Å². The first-order valence-corrected chi connectivity index (χ1v) is 20.4. The molecule has 4 aromatic carbocycles. The monoisotopic (exact) mass is 971 g/mol. The van der Waals surface area contributed by atoms with E-state index in [0.29, 0.717) is 25.2 Å². The van der Waals surface area contributed by atoms with E-state index >= 15 is 0 Å². The number of hydrogen-bond donors (Lipinski definition) is 8. The third kappa shape index (κ3) is 12.4. The second-order valence-corrected chi connectivity index (χ2v) is 16.2. The molecular weight excluding hydrogens is 950 g/mol. The van der Waals surface area contributed by atoms with Crippen LogP contribution < -0.4 is 26.9 Å². The van der Waals surface area contributed by atoms with Gasteiger partial charge in [-0.3, -0.25) is 29.5 Å². The van der Waals surface area contributed by atoms with Gasteiger partial charge < -0.3 is 15.7 Å². The van der Waals surface area contributed by atoms with E-state index < -0.39 is 47.9 Å². The number of hydrogen-bond acceptors (Lipinski definition) is 12. The van der Waals surface area contributed by atoms with Crippen LogP contribution in [0.15, 0.2) is 102 Å². The SMILES string of the molecule is O=C(N/N=C/c1cc(Br)c(O)c(Br)c1)C(Nc1ccc(Cl)cc1)C(=O)NNC(=S)Nc1ccc(/C=C/c2ccc(N=C=S)cc2S(=O)(=O)O)c(S(=O)(=O)O)c1. The Morgan fingerprint density at radius 3 is 1.96 bits per heavy atom. The maximum Gasteiger partial charge on any atom is 0.295 e. The highest BCUT2D eigenvalue weighted by molar-refractivity contribution is 9.11. The highest BCUT2D eigenvalue weighted by Gasteiger charge is 2.27. The van der Waals surface area contributed by atoms with Crippen molar-refractivity contribution in [2.45, 2.75) is 15.8 Å². The molecular formula is C32H24Br2ClN7O9S4. The zero-order valence-electron chi connectivity index (χ0n) is 27.2. The maximum atomic E-state index is 13.2. The van der Waals surface area contributed by atoms with E-state index in [-0.39, 0.29) is 33.4 Å². The van der Waals surface area contributed by atoms with Crippen molar-refractivity contribution in [3.05, 3.63) is 103 Å². The van der Waals surface area contributed by atoms with Gasteiger partial charge in [0.05, 0.1) is 26.0 Å². The van der Waals surface area contributed by atoms with E-state index in [9.17, 15) is 40.6 Å². The van der Waals surface area contributed by atoms with Crippen molar-refractivity contribution in [3.63, 3.8) is 0 Å². The van der Waals surface area contributed by atoms with Gasteiger partial charge in [-0.1, -0.05) is 35.9 Å². The third-order valence-electron chi connectivity index (χ3n) is 6.85. The molecule has 2 amide bonds. The summed E-state index contributed by atoms with van der Waals surface area (Å²) in [7, 11) is -9.62. The fourth-order valence-electron chi connectivity index (χ4n) is 4.37. The zero-order chi connectivity index (χ0) is 40.5. The Labute approximate surface area is 345 Å². The van der Waals surface area contributed by atoms with Crippen molar-refractivity contribution in [3.8, 4) is 5.75 Å². The summed E-state index contributed by atoms with van der Waals surface area (Å²) in [5, 5.41) is 21.4. The molecule has 4 aromatic rings. The Bertz CT molecular complexity index is 2480. The van der Waals surface area contributed by atoms with E-state index in [1.807, 2.05) is 0 Å². The van der Waals surface area contributed by atoms with Crippen LogP contribution in [0.4, 0.5) is 17.1 Å². The number of aromatic hydroxyl groups is 1. The molecule has 55 heavy (non-hydrogen) atoms. The molecule has 0 aromatic heterocycles. The van der Waals surface area contributed by atoms with Crippen LogP contribution >= 0.6 is 67.9 Å². The Morgan fingerprint density at radius 2 is 1.38 bits per heavy atom. The molecule has 1 unspecified atom stereocenters. The largest absolute Gasteiger partial charge is 0.506 e. The van der Waals surface area contributed by atoms with Crippen molar-refractivity contribution in [2.75, 3.05) is 10.6 Å². The van der Waals surface area contributed by atoms with Crippen LogP contribution in [-0.2, 0) is 29.8 Å². The first-order valence-electron chi connectivity index (χ1n) is 14.7. The standard InChI is InChI=1S/C32H24Br2ClN7O9S4/c33-24-11-17(12-25(34)29(24)43)15-37-40-30(44)28(38-21-9-5-20(35)6-10-21)31(45)41-42-32(53)39-23-8-4-19(27(14-23)55(49,50)51)2-1-18-3-7-22(36-16-52)13-26(18)54(46,47)48/h1-15,28,38,43H,(H,40,44)(H,41,45)(H2,39,42,53)(H,46,47,48)(H,49,50,51)/b2-1+,37-15+. The number of carbonyl (C=O) groups is 2. The normalized spacial score (nSPS) is 12.1. The van der Waals surface area contributed by atoms with Crippen LogP contribution in [0.5, 0.6) is 5.75 Å². The van der Waals surface area contributed by atoms with Crippen LogP contribution in [0.25, 0.3) is 12.2 Å². The molecule has 0 aliphatic carbocycles. The van der Waals surface area contributed by atoms with Crippen LogP contribution in [0.3, 0.4) is 0 Å². The number of anilines is 2. The Hall–Kier alpha value is -4.61. The Balaban J connectivity index is 1.49. The van der Waals surface area contributed by atoms with Gasteiger partial charge in [0, 0.05) is 16.4 Å². The number of amides is 2. The summed E-state index contributed by atoms with van der Waals surface area (Å²) in [6, 6.07) is 14.9. The average Bonchev–Trinajstić information content (AvgIpc) is 3.11. The van der Waals surface area contributed by atoms with E-state index in [1.54, 1.807) is 0 Å². The van der Waals surface area contributed by atoms with Crippen molar-refractivity contribution in [1.82, 2.24) is 16.3 Å². The van der Waals surface area contributed by atoms with Crippen LogP contribution in [-0.4, -0.2) is 65.4 Å². The molecule has 0 spiro atoms. The predicted octanol–water partition coefficient (Wildman–Crippen LogP) is 5.92. The molecule has 8 N–H and O–H groups in total. The fraction of sp³-hybridized carbons (Fsp3) is 0.0312. The van der Waals surface area contributed by atoms with Gasteiger partial charge in [-0.05, 0) is 134 Å². The Kier molecular flexibility index (Phi) is 14.8. The smallest absolute Gasteiger partial charge is 0.295 e. The number of nitrogens with zero attached hydrogens (tertiary/aromatic N) is 2. The molecule has 1 atom stereocenters. The van der Waals surface area contributed by atoms with Gasteiger partial charge >= 0.3 is 0 Å². The van der Waals surface area contributed by atoms with Crippen molar-refractivity contribution < 1.29 is 40.6 Å². The number of phenols is 1. The third-order valence-corrected chi connectivity index (χ3v) is 10.4. The molecule has 23 heteroatoms. The zero-order valence-corrected chi connectivity index (χ0v) is 34.4. The van der Waals surface area contributed by atoms with Crippen molar-refractivity contribution in [2.24, 2.45) is 10.1 Å². The molecule has 0 bridgehead atoms. The molecule has 4 rings (SSSR count). The molecule has 0 saturated carbocycles. The summed E-state index contributed by atoms with van der Waals surface area (Å²) >= 11 is 22.1. The number of rotatable bonds is 12. The van der Waals surface area contributed by atoms with Gasteiger partial charge in [-0.2, -0.15) is 26.9 Å². The van der Waals surface area contributed by atoms with Gasteiger partial charge in [0.15, 0.2) is 11.2 Å².